The summed E-state index contributed by atoms with van der Waals surface area (Å²) in [5.41, 5.74) is 1.07. The second kappa shape index (κ2) is 7.33. The first kappa shape index (κ1) is 14.9. The Hall–Kier alpha value is -1.98. The standard InChI is InChI=1S/C17H21N3O2/c1-21-17-9-15(13-22-16-6-4-7-18-10-16)20(12-17)11-14-5-2-3-8-19-14/h2-8,10,15,17H,9,11-13H2,1H3/t15-,17+/m0/s1. The van der Waals surface area contributed by atoms with Gasteiger partial charge >= 0.3 is 0 Å². The molecular formula is C17H21N3O2. The van der Waals surface area contributed by atoms with E-state index in [-0.39, 0.29) is 6.10 Å². The lowest BCUT2D eigenvalue weighted by atomic mass is 10.2. The van der Waals surface area contributed by atoms with Crippen LogP contribution in [0.1, 0.15) is 12.1 Å². The van der Waals surface area contributed by atoms with Gasteiger partial charge in [0.1, 0.15) is 12.4 Å². The Morgan fingerprint density at radius 1 is 1.23 bits per heavy atom. The average molecular weight is 299 g/mol. The van der Waals surface area contributed by atoms with Crippen molar-refractivity contribution in [2.45, 2.75) is 25.1 Å². The SMILES string of the molecule is CO[C@@H]1C[C@@H](COc2cccnc2)N(Cc2ccccn2)C1. The molecule has 0 N–H and O–H groups in total. The highest BCUT2D eigenvalue weighted by atomic mass is 16.5. The van der Waals surface area contributed by atoms with Gasteiger partial charge in [0, 0.05) is 38.6 Å². The van der Waals surface area contributed by atoms with Crippen molar-refractivity contribution in [2.75, 3.05) is 20.3 Å². The molecule has 116 valence electrons. The zero-order chi connectivity index (χ0) is 15.2. The molecule has 0 spiro atoms. The van der Waals surface area contributed by atoms with Crippen LogP contribution in [0.2, 0.25) is 0 Å². The van der Waals surface area contributed by atoms with Gasteiger partial charge in [-0.3, -0.25) is 14.9 Å². The van der Waals surface area contributed by atoms with E-state index in [9.17, 15) is 0 Å². The number of hydrogen-bond acceptors (Lipinski definition) is 5. The lowest BCUT2D eigenvalue weighted by Gasteiger charge is -2.23. The highest BCUT2D eigenvalue weighted by molar-refractivity contribution is 5.15. The third-order valence-corrected chi connectivity index (χ3v) is 3.99. The lowest BCUT2D eigenvalue weighted by Crippen LogP contribution is -2.34. The van der Waals surface area contributed by atoms with Crippen molar-refractivity contribution in [3.8, 4) is 5.75 Å². The Kier molecular flexibility index (Phi) is 4.98. The van der Waals surface area contributed by atoms with E-state index in [0.29, 0.717) is 12.6 Å². The van der Waals surface area contributed by atoms with E-state index in [1.54, 1.807) is 19.5 Å². The van der Waals surface area contributed by atoms with Crippen LogP contribution in [0.5, 0.6) is 5.75 Å². The third kappa shape index (κ3) is 3.81. The highest BCUT2D eigenvalue weighted by Gasteiger charge is 2.32. The monoisotopic (exact) mass is 299 g/mol. The topological polar surface area (TPSA) is 47.5 Å². The Bertz CT molecular complexity index is 565. The molecule has 2 atom stereocenters. The van der Waals surface area contributed by atoms with Crippen LogP contribution in [0.3, 0.4) is 0 Å². The Morgan fingerprint density at radius 2 is 2.18 bits per heavy atom. The fourth-order valence-electron chi connectivity index (χ4n) is 2.80. The fraction of sp³-hybridized carbons (Fsp3) is 0.412. The molecule has 0 saturated carbocycles. The van der Waals surface area contributed by atoms with Gasteiger partial charge in [0.2, 0.25) is 0 Å². The van der Waals surface area contributed by atoms with Gasteiger partial charge in [-0.05, 0) is 30.7 Å². The molecule has 2 aromatic heterocycles. The van der Waals surface area contributed by atoms with Gasteiger partial charge in [0.25, 0.3) is 0 Å². The minimum Gasteiger partial charge on any atom is -0.490 e. The van der Waals surface area contributed by atoms with Crippen LogP contribution >= 0.6 is 0 Å². The number of nitrogens with zero attached hydrogens (tertiary/aromatic N) is 3. The average Bonchev–Trinajstić information content (AvgIpc) is 2.97. The molecule has 1 aliphatic rings. The summed E-state index contributed by atoms with van der Waals surface area (Å²) < 4.78 is 11.4. The maximum absolute atomic E-state index is 5.87. The summed E-state index contributed by atoms with van der Waals surface area (Å²) in [6, 6.07) is 10.2. The van der Waals surface area contributed by atoms with Gasteiger partial charge < -0.3 is 9.47 Å². The quantitative estimate of drug-likeness (QED) is 0.818. The molecule has 3 heterocycles. The molecule has 5 nitrogen and oxygen atoms in total. The molecular weight excluding hydrogens is 278 g/mol. The summed E-state index contributed by atoms with van der Waals surface area (Å²) in [4.78, 5) is 10.9. The number of likely N-dealkylation sites (tertiary alicyclic amines) is 1. The molecule has 1 aliphatic heterocycles. The van der Waals surface area contributed by atoms with Crippen LogP contribution in [-0.4, -0.2) is 47.3 Å². The summed E-state index contributed by atoms with van der Waals surface area (Å²) in [7, 11) is 1.77. The van der Waals surface area contributed by atoms with Crippen molar-refractivity contribution in [3.63, 3.8) is 0 Å². The molecule has 0 bridgehead atoms. The molecule has 1 saturated heterocycles. The number of ether oxygens (including phenoxy) is 2. The van der Waals surface area contributed by atoms with Crippen molar-refractivity contribution >= 4 is 0 Å². The van der Waals surface area contributed by atoms with Gasteiger partial charge in [0.15, 0.2) is 0 Å². The van der Waals surface area contributed by atoms with Crippen LogP contribution in [0.15, 0.2) is 48.9 Å². The first-order valence-electron chi connectivity index (χ1n) is 7.54. The van der Waals surface area contributed by atoms with Crippen LogP contribution in [0, 0.1) is 0 Å². The number of methoxy groups -OCH3 is 1. The van der Waals surface area contributed by atoms with E-state index >= 15 is 0 Å². The smallest absolute Gasteiger partial charge is 0.137 e. The second-order valence-electron chi connectivity index (χ2n) is 5.50. The van der Waals surface area contributed by atoms with Crippen molar-refractivity contribution < 1.29 is 9.47 Å². The van der Waals surface area contributed by atoms with Crippen molar-refractivity contribution in [3.05, 3.63) is 54.6 Å². The van der Waals surface area contributed by atoms with E-state index < -0.39 is 0 Å². The predicted molar refractivity (Wildman–Crippen MR) is 83.6 cm³/mol. The van der Waals surface area contributed by atoms with Crippen LogP contribution in [0.4, 0.5) is 0 Å². The minimum atomic E-state index is 0.256. The summed E-state index contributed by atoms with van der Waals surface area (Å²) >= 11 is 0. The number of hydrogen-bond donors (Lipinski definition) is 0. The summed E-state index contributed by atoms with van der Waals surface area (Å²) in [5, 5.41) is 0. The molecule has 1 fully saturated rings. The van der Waals surface area contributed by atoms with Crippen LogP contribution in [-0.2, 0) is 11.3 Å². The fourth-order valence-corrected chi connectivity index (χ4v) is 2.80. The van der Waals surface area contributed by atoms with E-state index in [2.05, 4.69) is 20.9 Å². The molecule has 0 aliphatic carbocycles. The van der Waals surface area contributed by atoms with Gasteiger partial charge in [-0.15, -0.1) is 0 Å². The number of pyridine rings is 2. The van der Waals surface area contributed by atoms with E-state index in [1.165, 1.54) is 0 Å². The summed E-state index contributed by atoms with van der Waals surface area (Å²) in [5.74, 6) is 0.807. The molecule has 3 rings (SSSR count). The minimum absolute atomic E-state index is 0.256. The van der Waals surface area contributed by atoms with E-state index in [1.807, 2.05) is 30.5 Å². The molecule has 0 aromatic carbocycles. The van der Waals surface area contributed by atoms with Crippen molar-refractivity contribution in [2.24, 2.45) is 0 Å². The van der Waals surface area contributed by atoms with Crippen LogP contribution < -0.4 is 4.74 Å². The van der Waals surface area contributed by atoms with Gasteiger partial charge in [-0.1, -0.05) is 6.07 Å². The maximum Gasteiger partial charge on any atom is 0.137 e. The zero-order valence-corrected chi connectivity index (χ0v) is 12.8. The second-order valence-corrected chi connectivity index (χ2v) is 5.50. The summed E-state index contributed by atoms with van der Waals surface area (Å²) in [6.45, 7) is 2.37. The number of aromatic nitrogens is 2. The van der Waals surface area contributed by atoms with Crippen molar-refractivity contribution in [1.29, 1.82) is 0 Å². The number of rotatable bonds is 6. The Labute approximate surface area is 130 Å². The Balaban J connectivity index is 1.62. The maximum atomic E-state index is 5.87. The van der Waals surface area contributed by atoms with Crippen LogP contribution in [0.25, 0.3) is 0 Å². The van der Waals surface area contributed by atoms with Gasteiger partial charge in [-0.2, -0.15) is 0 Å². The first-order chi connectivity index (χ1) is 10.8. The normalized spacial score (nSPS) is 21.9. The summed E-state index contributed by atoms with van der Waals surface area (Å²) in [6.07, 6.45) is 6.55. The first-order valence-corrected chi connectivity index (χ1v) is 7.54. The van der Waals surface area contributed by atoms with Crippen molar-refractivity contribution in [1.82, 2.24) is 14.9 Å². The molecule has 0 unspecified atom stereocenters. The molecule has 22 heavy (non-hydrogen) atoms. The molecule has 5 heteroatoms. The van der Waals surface area contributed by atoms with Gasteiger partial charge in [-0.25, -0.2) is 0 Å². The largest absolute Gasteiger partial charge is 0.490 e. The van der Waals surface area contributed by atoms with E-state index in [0.717, 1.165) is 31.0 Å². The van der Waals surface area contributed by atoms with Gasteiger partial charge in [0.05, 0.1) is 18.0 Å². The predicted octanol–water partition coefficient (Wildman–Crippen LogP) is 2.14. The molecule has 2 aromatic rings. The zero-order valence-electron chi connectivity index (χ0n) is 12.8. The lowest BCUT2D eigenvalue weighted by molar-refractivity contribution is 0.107. The Morgan fingerprint density at radius 3 is 2.91 bits per heavy atom. The highest BCUT2D eigenvalue weighted by Crippen LogP contribution is 2.23. The molecule has 0 amide bonds. The molecule has 0 radical (unpaired) electrons. The third-order valence-electron chi connectivity index (χ3n) is 3.99. The van der Waals surface area contributed by atoms with E-state index in [4.69, 9.17) is 9.47 Å².